The van der Waals surface area contributed by atoms with Gasteiger partial charge in [0.15, 0.2) is 0 Å². The molecule has 0 amide bonds. The van der Waals surface area contributed by atoms with Crippen LogP contribution in [0.5, 0.6) is 0 Å². The lowest BCUT2D eigenvalue weighted by molar-refractivity contribution is 0.185. The summed E-state index contributed by atoms with van der Waals surface area (Å²) in [6.45, 7) is 1.08. The first kappa shape index (κ1) is 13.0. The predicted molar refractivity (Wildman–Crippen MR) is 72.3 cm³/mol. The van der Waals surface area contributed by atoms with Crippen LogP contribution in [0, 0.1) is 11.6 Å². The number of halogens is 2. The van der Waals surface area contributed by atoms with Gasteiger partial charge in [-0.3, -0.25) is 0 Å². The Hall–Kier alpha value is -1.04. The fourth-order valence-electron chi connectivity index (χ4n) is 2.19. The maximum absolute atomic E-state index is 13.8. The summed E-state index contributed by atoms with van der Waals surface area (Å²) in [5.41, 5.74) is 0.897. The lowest BCUT2D eigenvalue weighted by Gasteiger charge is -2.04. The number of fused-ring (bicyclic) bond motifs is 1. The Kier molecular flexibility index (Phi) is 3.52. The molecule has 1 aromatic heterocycles. The van der Waals surface area contributed by atoms with Crippen molar-refractivity contribution in [3.05, 3.63) is 34.2 Å². The van der Waals surface area contributed by atoms with E-state index in [1.54, 1.807) is 7.11 Å². The van der Waals surface area contributed by atoms with Crippen LogP contribution in [0.2, 0.25) is 0 Å². The van der Waals surface area contributed by atoms with Crippen molar-refractivity contribution in [1.29, 1.82) is 0 Å². The molecule has 0 aliphatic heterocycles. The highest BCUT2D eigenvalue weighted by atomic mass is 32.1. The minimum atomic E-state index is -0.540. The summed E-state index contributed by atoms with van der Waals surface area (Å²) in [7, 11) is 1.59. The normalized spacial score (nSPS) is 15.3. The molecule has 1 heterocycles. The maximum Gasteiger partial charge on any atom is 0.143 e. The number of nitrogens with one attached hydrogen (secondary N) is 1. The zero-order valence-corrected chi connectivity index (χ0v) is 11.4. The fraction of sp³-hybridized carbons (Fsp3) is 0.429. The number of methoxy groups -OCH3 is 1. The molecule has 102 valence electrons. The zero-order valence-electron chi connectivity index (χ0n) is 10.6. The maximum atomic E-state index is 13.8. The van der Waals surface area contributed by atoms with Crippen LogP contribution in [0.3, 0.4) is 0 Å². The highest BCUT2D eigenvalue weighted by Crippen LogP contribution is 2.35. The summed E-state index contributed by atoms with van der Waals surface area (Å²) in [5, 5.41) is 4.04. The van der Waals surface area contributed by atoms with Gasteiger partial charge < -0.3 is 10.1 Å². The van der Waals surface area contributed by atoms with E-state index in [0.29, 0.717) is 29.3 Å². The van der Waals surface area contributed by atoms with Crippen LogP contribution in [0.15, 0.2) is 12.1 Å². The first-order chi connectivity index (χ1) is 9.19. The molecule has 5 heteroatoms. The van der Waals surface area contributed by atoms with Gasteiger partial charge in [0.2, 0.25) is 0 Å². The number of thiophene rings is 1. The molecule has 1 N–H and O–H groups in total. The van der Waals surface area contributed by atoms with Gasteiger partial charge in [-0.25, -0.2) is 8.78 Å². The molecule has 1 aliphatic carbocycles. The van der Waals surface area contributed by atoms with Gasteiger partial charge in [0, 0.05) is 41.6 Å². The molecule has 0 atom stereocenters. The first-order valence-corrected chi connectivity index (χ1v) is 7.12. The minimum absolute atomic E-state index is 0.380. The van der Waals surface area contributed by atoms with Crippen molar-refractivity contribution in [2.45, 2.75) is 32.0 Å². The second-order valence-corrected chi connectivity index (χ2v) is 5.96. The Labute approximate surface area is 114 Å². The van der Waals surface area contributed by atoms with Crippen LogP contribution in [-0.4, -0.2) is 13.2 Å². The quantitative estimate of drug-likeness (QED) is 0.905. The van der Waals surface area contributed by atoms with E-state index in [9.17, 15) is 8.78 Å². The van der Waals surface area contributed by atoms with Gasteiger partial charge >= 0.3 is 0 Å². The molecule has 19 heavy (non-hydrogen) atoms. The third-order valence-electron chi connectivity index (χ3n) is 3.31. The SMILES string of the molecule is COCc1c(CNC2CC2)sc2c(F)cc(F)cc12. The standard InChI is InChI=1S/C14H15F2NOS/c1-18-7-11-10-4-8(15)5-12(16)14(10)19-13(11)6-17-9-2-3-9/h4-5,9,17H,2-3,6-7H2,1H3. The van der Waals surface area contributed by atoms with Crippen LogP contribution in [0.1, 0.15) is 23.3 Å². The summed E-state index contributed by atoms with van der Waals surface area (Å²) >= 11 is 1.38. The van der Waals surface area contributed by atoms with E-state index in [1.807, 2.05) is 0 Å². The summed E-state index contributed by atoms with van der Waals surface area (Å²) in [4.78, 5) is 1.04. The molecule has 1 saturated carbocycles. The summed E-state index contributed by atoms with van der Waals surface area (Å²) in [5.74, 6) is -1.03. The van der Waals surface area contributed by atoms with Gasteiger partial charge in [-0.05, 0) is 18.9 Å². The Balaban J connectivity index is 2.03. The number of rotatable bonds is 5. The molecule has 3 rings (SSSR count). The van der Waals surface area contributed by atoms with Gasteiger partial charge in [-0.2, -0.15) is 0 Å². The number of benzene rings is 1. The Bertz CT molecular complexity index is 607. The van der Waals surface area contributed by atoms with E-state index in [0.717, 1.165) is 16.5 Å². The lowest BCUT2D eigenvalue weighted by Crippen LogP contribution is -2.15. The van der Waals surface area contributed by atoms with Crippen molar-refractivity contribution in [2.24, 2.45) is 0 Å². The Morgan fingerprint density at radius 3 is 2.84 bits per heavy atom. The van der Waals surface area contributed by atoms with E-state index >= 15 is 0 Å². The summed E-state index contributed by atoms with van der Waals surface area (Å²) in [6.07, 6.45) is 2.40. The highest BCUT2D eigenvalue weighted by Gasteiger charge is 2.22. The first-order valence-electron chi connectivity index (χ1n) is 6.30. The van der Waals surface area contributed by atoms with Crippen molar-refractivity contribution in [3.8, 4) is 0 Å². The molecule has 0 unspecified atom stereocenters. The number of hydrogen-bond donors (Lipinski definition) is 1. The molecular weight excluding hydrogens is 268 g/mol. The molecule has 1 aliphatic rings. The van der Waals surface area contributed by atoms with Crippen molar-refractivity contribution in [2.75, 3.05) is 7.11 Å². The zero-order chi connectivity index (χ0) is 13.4. The van der Waals surface area contributed by atoms with Crippen LogP contribution in [-0.2, 0) is 17.9 Å². The largest absolute Gasteiger partial charge is 0.380 e. The molecule has 2 aromatic rings. The molecule has 0 bridgehead atoms. The molecule has 0 radical (unpaired) electrons. The van der Waals surface area contributed by atoms with Crippen LogP contribution in [0.25, 0.3) is 10.1 Å². The van der Waals surface area contributed by atoms with Crippen LogP contribution >= 0.6 is 11.3 Å². The molecule has 1 aromatic carbocycles. The van der Waals surface area contributed by atoms with E-state index in [4.69, 9.17) is 4.74 Å². The summed E-state index contributed by atoms with van der Waals surface area (Å²) < 4.78 is 32.8. The topological polar surface area (TPSA) is 21.3 Å². The number of hydrogen-bond acceptors (Lipinski definition) is 3. The molecule has 0 spiro atoms. The van der Waals surface area contributed by atoms with E-state index in [-0.39, 0.29) is 0 Å². The van der Waals surface area contributed by atoms with Crippen molar-refractivity contribution < 1.29 is 13.5 Å². The highest BCUT2D eigenvalue weighted by molar-refractivity contribution is 7.19. The third-order valence-corrected chi connectivity index (χ3v) is 4.57. The van der Waals surface area contributed by atoms with Gasteiger partial charge in [0.25, 0.3) is 0 Å². The van der Waals surface area contributed by atoms with Crippen molar-refractivity contribution in [3.63, 3.8) is 0 Å². The van der Waals surface area contributed by atoms with Crippen molar-refractivity contribution >= 4 is 21.4 Å². The third kappa shape index (κ3) is 2.63. The van der Waals surface area contributed by atoms with E-state index in [2.05, 4.69) is 5.32 Å². The minimum Gasteiger partial charge on any atom is -0.380 e. The number of ether oxygens (including phenoxy) is 1. The second-order valence-electron chi connectivity index (χ2n) is 4.86. The molecule has 0 saturated heterocycles. The summed E-state index contributed by atoms with van der Waals surface area (Å²) in [6, 6.07) is 2.92. The average molecular weight is 283 g/mol. The van der Waals surface area contributed by atoms with Gasteiger partial charge in [0.05, 0.1) is 11.3 Å². The molecular formula is C14H15F2NOS. The van der Waals surface area contributed by atoms with Gasteiger partial charge in [-0.15, -0.1) is 11.3 Å². The van der Waals surface area contributed by atoms with Gasteiger partial charge in [0.1, 0.15) is 11.6 Å². The van der Waals surface area contributed by atoms with Gasteiger partial charge in [-0.1, -0.05) is 0 Å². The van der Waals surface area contributed by atoms with Crippen molar-refractivity contribution in [1.82, 2.24) is 5.32 Å². The lowest BCUT2D eigenvalue weighted by atomic mass is 10.1. The van der Waals surface area contributed by atoms with E-state index in [1.165, 1.54) is 30.2 Å². The second kappa shape index (κ2) is 5.15. The molecule has 2 nitrogen and oxygen atoms in total. The van der Waals surface area contributed by atoms with Crippen LogP contribution < -0.4 is 5.32 Å². The Morgan fingerprint density at radius 2 is 2.16 bits per heavy atom. The smallest absolute Gasteiger partial charge is 0.143 e. The average Bonchev–Trinajstić information content (AvgIpc) is 3.13. The molecule has 1 fully saturated rings. The van der Waals surface area contributed by atoms with Crippen LogP contribution in [0.4, 0.5) is 8.78 Å². The fourth-order valence-corrected chi connectivity index (χ4v) is 3.34. The Morgan fingerprint density at radius 1 is 1.37 bits per heavy atom. The predicted octanol–water partition coefficient (Wildman–Crippen LogP) is 3.58. The van der Waals surface area contributed by atoms with E-state index < -0.39 is 11.6 Å². The monoisotopic (exact) mass is 283 g/mol.